The number of hydrogen-bond donors (Lipinski definition) is 0. The maximum atomic E-state index is 12.9. The second kappa shape index (κ2) is 9.33. The van der Waals surface area contributed by atoms with Crippen molar-refractivity contribution >= 4 is 39.0 Å². The molecule has 0 spiro atoms. The van der Waals surface area contributed by atoms with Gasteiger partial charge in [-0.2, -0.15) is 4.31 Å². The minimum Gasteiger partial charge on any atom is -0.360 e. The van der Waals surface area contributed by atoms with Gasteiger partial charge in [0.15, 0.2) is 16.7 Å². The zero-order chi connectivity index (χ0) is 22.9. The molecule has 1 aliphatic rings. The van der Waals surface area contributed by atoms with E-state index in [1.165, 1.54) is 16.1 Å². The Morgan fingerprint density at radius 3 is 2.56 bits per heavy atom. The molecule has 10 nitrogen and oxygen atoms in total. The van der Waals surface area contributed by atoms with Gasteiger partial charge in [-0.15, -0.1) is 21.5 Å². The number of sulfonamides is 1. The number of thioether (sulfide) groups is 1. The Hall–Kier alpha value is -2.22. The van der Waals surface area contributed by atoms with Crippen molar-refractivity contribution in [3.05, 3.63) is 29.0 Å². The normalized spacial score (nSPS) is 15.4. The van der Waals surface area contributed by atoms with Crippen LogP contribution >= 0.6 is 23.1 Å². The molecule has 3 aromatic rings. The number of carbonyl (C=O) groups is 1. The van der Waals surface area contributed by atoms with E-state index < -0.39 is 10.0 Å². The molecule has 0 unspecified atom stereocenters. The van der Waals surface area contributed by atoms with Crippen LogP contribution in [0, 0.1) is 13.8 Å². The van der Waals surface area contributed by atoms with E-state index in [4.69, 9.17) is 4.52 Å². The number of carbonyl (C=O) groups excluding carboxylic acids is 1. The number of piperazine rings is 1. The molecule has 4 heterocycles. The fraction of sp³-hybridized carbons (Fsp3) is 0.474. The number of hydrogen-bond acceptors (Lipinski definition) is 9. The summed E-state index contributed by atoms with van der Waals surface area (Å²) in [4.78, 5) is 15.6. The fourth-order valence-corrected chi connectivity index (χ4v) is 6.97. The van der Waals surface area contributed by atoms with E-state index in [1.54, 1.807) is 30.1 Å². The Morgan fingerprint density at radius 2 is 1.97 bits per heavy atom. The van der Waals surface area contributed by atoms with Crippen LogP contribution in [-0.2, 0) is 21.4 Å². The van der Waals surface area contributed by atoms with Crippen LogP contribution in [0.5, 0.6) is 0 Å². The lowest BCUT2D eigenvalue weighted by molar-refractivity contribution is -0.129. The number of aryl methyl sites for hydroxylation is 2. The molecule has 1 fully saturated rings. The second-order valence-corrected chi connectivity index (χ2v) is 11.0. The lowest BCUT2D eigenvalue weighted by Gasteiger charge is -2.33. The third-order valence-corrected chi connectivity index (χ3v) is 9.22. The number of aromatic nitrogens is 4. The van der Waals surface area contributed by atoms with Crippen LogP contribution in [-0.4, -0.2) is 75.4 Å². The summed E-state index contributed by atoms with van der Waals surface area (Å²) in [6, 6.07) is 3.97. The Bertz CT molecular complexity index is 1170. The van der Waals surface area contributed by atoms with E-state index >= 15 is 0 Å². The summed E-state index contributed by atoms with van der Waals surface area (Å²) in [5.74, 6) is 1.25. The van der Waals surface area contributed by atoms with Gasteiger partial charge >= 0.3 is 0 Å². The van der Waals surface area contributed by atoms with Crippen molar-refractivity contribution in [3.63, 3.8) is 0 Å². The molecule has 0 aliphatic carbocycles. The van der Waals surface area contributed by atoms with Crippen LogP contribution in [0.4, 0.5) is 0 Å². The van der Waals surface area contributed by atoms with Gasteiger partial charge in [-0.05, 0) is 32.2 Å². The molecule has 0 bridgehead atoms. The van der Waals surface area contributed by atoms with Crippen LogP contribution in [0.15, 0.2) is 32.1 Å². The molecule has 3 aromatic heterocycles. The van der Waals surface area contributed by atoms with E-state index in [9.17, 15) is 13.2 Å². The van der Waals surface area contributed by atoms with Crippen LogP contribution in [0.3, 0.4) is 0 Å². The number of nitrogens with zero attached hydrogens (tertiary/aromatic N) is 6. The molecule has 1 aliphatic heterocycles. The maximum Gasteiger partial charge on any atom is 0.248 e. The van der Waals surface area contributed by atoms with E-state index in [2.05, 4.69) is 15.4 Å². The van der Waals surface area contributed by atoms with Gasteiger partial charge in [0.1, 0.15) is 10.6 Å². The summed E-state index contributed by atoms with van der Waals surface area (Å²) >= 11 is 2.95. The second-order valence-electron chi connectivity index (χ2n) is 7.25. The van der Waals surface area contributed by atoms with Crippen molar-refractivity contribution in [3.8, 4) is 10.7 Å². The predicted octanol–water partition coefficient (Wildman–Crippen LogP) is 2.26. The Balaban J connectivity index is 1.36. The summed E-state index contributed by atoms with van der Waals surface area (Å²) in [6.07, 6.45) is 0. The topological polar surface area (TPSA) is 114 Å². The Morgan fingerprint density at radius 1 is 1.22 bits per heavy atom. The average molecular weight is 497 g/mol. The third kappa shape index (κ3) is 4.34. The van der Waals surface area contributed by atoms with Crippen molar-refractivity contribution in [1.82, 2.24) is 29.1 Å². The van der Waals surface area contributed by atoms with Crippen LogP contribution in [0.1, 0.15) is 18.4 Å². The van der Waals surface area contributed by atoms with Crippen LogP contribution in [0.2, 0.25) is 0 Å². The smallest absolute Gasteiger partial charge is 0.248 e. The average Bonchev–Trinajstić information content (AvgIpc) is 3.51. The zero-order valence-corrected chi connectivity index (χ0v) is 20.5. The monoisotopic (exact) mass is 496 g/mol. The lowest BCUT2D eigenvalue weighted by Crippen LogP contribution is -2.51. The minimum absolute atomic E-state index is 0.0484. The van der Waals surface area contributed by atoms with Crippen molar-refractivity contribution in [2.45, 2.75) is 37.4 Å². The van der Waals surface area contributed by atoms with Crippen molar-refractivity contribution < 1.29 is 17.7 Å². The Labute approximate surface area is 194 Å². The van der Waals surface area contributed by atoms with E-state index in [0.29, 0.717) is 30.5 Å². The summed E-state index contributed by atoms with van der Waals surface area (Å²) in [7, 11) is -3.70. The standard InChI is InChI=1S/C19H24N6O4S3/c1-4-25-18(15-6-5-11-30-15)20-21-19(25)31-12-16(26)23-7-9-24(10-8-23)32(27,28)17-13(2)22-29-14(17)3/h5-6,11H,4,7-10,12H2,1-3H3. The highest BCUT2D eigenvalue weighted by molar-refractivity contribution is 7.99. The first-order valence-corrected chi connectivity index (χ1v) is 13.4. The van der Waals surface area contributed by atoms with Gasteiger partial charge in [-0.25, -0.2) is 8.42 Å². The van der Waals surface area contributed by atoms with Gasteiger partial charge in [-0.3, -0.25) is 4.79 Å². The Kier molecular flexibility index (Phi) is 6.70. The SMILES string of the molecule is CCn1c(SCC(=O)N2CCN(S(=O)(=O)c3c(C)noc3C)CC2)nnc1-c1cccs1. The zero-order valence-electron chi connectivity index (χ0n) is 18.0. The van der Waals surface area contributed by atoms with Crippen LogP contribution in [0.25, 0.3) is 10.7 Å². The number of amides is 1. The number of rotatable bonds is 7. The molecule has 1 saturated heterocycles. The number of thiophene rings is 1. The molecule has 13 heteroatoms. The first-order valence-electron chi connectivity index (χ1n) is 10.1. The largest absolute Gasteiger partial charge is 0.360 e. The molecule has 0 N–H and O–H groups in total. The molecule has 32 heavy (non-hydrogen) atoms. The summed E-state index contributed by atoms with van der Waals surface area (Å²) < 4.78 is 34.3. The van der Waals surface area contributed by atoms with Crippen molar-refractivity contribution in [2.75, 3.05) is 31.9 Å². The molecule has 0 saturated carbocycles. The van der Waals surface area contributed by atoms with Gasteiger partial charge in [0.25, 0.3) is 0 Å². The molecular weight excluding hydrogens is 472 g/mol. The molecule has 0 atom stereocenters. The fourth-order valence-electron chi connectivity index (χ4n) is 3.64. The molecule has 4 rings (SSSR count). The van der Waals surface area contributed by atoms with Gasteiger partial charge in [0.2, 0.25) is 15.9 Å². The molecule has 1 amide bonds. The molecular formula is C19H24N6O4S3. The highest BCUT2D eigenvalue weighted by Gasteiger charge is 2.34. The lowest BCUT2D eigenvalue weighted by atomic mass is 10.3. The molecule has 172 valence electrons. The predicted molar refractivity (Wildman–Crippen MR) is 121 cm³/mol. The van der Waals surface area contributed by atoms with Gasteiger partial charge in [-0.1, -0.05) is 23.0 Å². The van der Waals surface area contributed by atoms with E-state index in [-0.39, 0.29) is 35.4 Å². The minimum atomic E-state index is -3.70. The summed E-state index contributed by atoms with van der Waals surface area (Å²) in [5, 5.41) is 15.0. The highest BCUT2D eigenvalue weighted by Crippen LogP contribution is 2.28. The van der Waals surface area contributed by atoms with Gasteiger partial charge < -0.3 is 14.0 Å². The first-order chi connectivity index (χ1) is 15.3. The third-order valence-electron chi connectivity index (χ3n) is 5.26. The quantitative estimate of drug-likeness (QED) is 0.458. The van der Waals surface area contributed by atoms with Crippen molar-refractivity contribution in [2.24, 2.45) is 0 Å². The maximum absolute atomic E-state index is 12.9. The van der Waals surface area contributed by atoms with Crippen molar-refractivity contribution in [1.29, 1.82) is 0 Å². The summed E-state index contributed by atoms with van der Waals surface area (Å²) in [5.41, 5.74) is 0.347. The molecule has 0 aromatic carbocycles. The van der Waals surface area contributed by atoms with Crippen LogP contribution < -0.4 is 0 Å². The van der Waals surface area contributed by atoms with Gasteiger partial charge in [0, 0.05) is 32.7 Å². The molecule has 0 radical (unpaired) electrons. The highest BCUT2D eigenvalue weighted by atomic mass is 32.2. The van der Waals surface area contributed by atoms with Gasteiger partial charge in [0.05, 0.1) is 10.6 Å². The van der Waals surface area contributed by atoms with E-state index in [1.807, 2.05) is 29.0 Å². The van der Waals surface area contributed by atoms with E-state index in [0.717, 1.165) is 10.7 Å². The first kappa shape index (κ1) is 23.0. The summed E-state index contributed by atoms with van der Waals surface area (Å²) in [6.45, 7) is 7.06.